The van der Waals surface area contributed by atoms with Gasteiger partial charge in [-0.1, -0.05) is 11.6 Å². The summed E-state index contributed by atoms with van der Waals surface area (Å²) in [6.07, 6.45) is 3.36. The van der Waals surface area contributed by atoms with E-state index in [0.717, 1.165) is 0 Å². The van der Waals surface area contributed by atoms with Crippen LogP contribution in [0.2, 0.25) is 5.02 Å². The van der Waals surface area contributed by atoms with Crippen LogP contribution < -0.4 is 5.32 Å². The second-order valence-corrected chi connectivity index (χ2v) is 3.73. The summed E-state index contributed by atoms with van der Waals surface area (Å²) < 4.78 is 0. The number of nitrogens with zero attached hydrogens (tertiary/aromatic N) is 3. The minimum Gasteiger partial charge on any atom is -0.377 e. The van der Waals surface area contributed by atoms with Gasteiger partial charge in [0.25, 0.3) is 0 Å². The highest BCUT2D eigenvalue weighted by molar-refractivity contribution is 6.33. The van der Waals surface area contributed by atoms with Gasteiger partial charge in [0.2, 0.25) is 0 Å². The molecule has 1 aromatic heterocycles. The Labute approximate surface area is 104 Å². The van der Waals surface area contributed by atoms with Crippen molar-refractivity contribution in [3.63, 3.8) is 0 Å². The van der Waals surface area contributed by atoms with Gasteiger partial charge in [0.15, 0.2) is 0 Å². The Hall–Kier alpha value is -2.12. The first-order chi connectivity index (χ1) is 8.29. The molecule has 0 saturated heterocycles. The van der Waals surface area contributed by atoms with Crippen LogP contribution in [0.3, 0.4) is 0 Å². The molecule has 0 unspecified atom stereocenters. The number of anilines is 1. The fourth-order valence-electron chi connectivity index (χ4n) is 1.33. The molecule has 0 fully saturated rings. The fraction of sp³-hybridized carbons (Fsp3) is 0.0833. The molecule has 0 spiro atoms. The molecule has 0 saturated carbocycles. The second kappa shape index (κ2) is 5.28. The van der Waals surface area contributed by atoms with E-state index >= 15 is 0 Å². The second-order valence-electron chi connectivity index (χ2n) is 3.33. The maximum atomic E-state index is 8.79. The highest BCUT2D eigenvalue weighted by Gasteiger charge is 2.02. The van der Waals surface area contributed by atoms with Crippen LogP contribution in [-0.2, 0) is 6.54 Å². The summed E-state index contributed by atoms with van der Waals surface area (Å²) in [6.45, 7) is 0.468. The van der Waals surface area contributed by atoms with E-state index in [2.05, 4.69) is 21.4 Å². The Bertz CT molecular complexity index is 548. The number of aromatic nitrogens is 2. The lowest BCUT2D eigenvalue weighted by Crippen LogP contribution is -2.04. The summed E-state index contributed by atoms with van der Waals surface area (Å²) >= 11 is 6.01. The molecule has 1 aromatic carbocycles. The fourth-order valence-corrected chi connectivity index (χ4v) is 1.51. The Morgan fingerprint density at radius 1 is 1.29 bits per heavy atom. The van der Waals surface area contributed by atoms with Crippen molar-refractivity contribution in [1.82, 2.24) is 9.97 Å². The Kier molecular flexibility index (Phi) is 3.53. The summed E-state index contributed by atoms with van der Waals surface area (Å²) in [4.78, 5) is 8.17. The van der Waals surface area contributed by atoms with E-state index in [1.807, 2.05) is 0 Å². The lowest BCUT2D eigenvalue weighted by Gasteiger charge is -2.07. The van der Waals surface area contributed by atoms with E-state index in [-0.39, 0.29) is 0 Å². The van der Waals surface area contributed by atoms with Crippen molar-refractivity contribution in [1.29, 1.82) is 5.26 Å². The van der Waals surface area contributed by atoms with Crippen LogP contribution in [-0.4, -0.2) is 9.97 Å². The summed E-state index contributed by atoms with van der Waals surface area (Å²) in [5.74, 6) is 0.672. The van der Waals surface area contributed by atoms with E-state index in [1.54, 1.807) is 36.7 Å². The van der Waals surface area contributed by atoms with Gasteiger partial charge in [-0.2, -0.15) is 5.26 Å². The van der Waals surface area contributed by atoms with Crippen molar-refractivity contribution in [3.8, 4) is 6.07 Å². The number of benzene rings is 1. The summed E-state index contributed by atoms with van der Waals surface area (Å²) in [7, 11) is 0. The highest BCUT2D eigenvalue weighted by Crippen LogP contribution is 2.22. The van der Waals surface area contributed by atoms with E-state index in [9.17, 15) is 0 Å². The third kappa shape index (κ3) is 2.92. The molecule has 1 heterocycles. The predicted molar refractivity (Wildman–Crippen MR) is 65.5 cm³/mol. The van der Waals surface area contributed by atoms with E-state index in [1.165, 1.54) is 0 Å². The summed E-state index contributed by atoms with van der Waals surface area (Å²) in [6, 6.07) is 8.88. The van der Waals surface area contributed by atoms with Crippen molar-refractivity contribution in [2.24, 2.45) is 0 Å². The van der Waals surface area contributed by atoms with Crippen molar-refractivity contribution in [2.75, 3.05) is 5.32 Å². The molecule has 0 aliphatic rings. The molecule has 0 amide bonds. The van der Waals surface area contributed by atoms with Gasteiger partial charge in [-0.3, -0.25) is 0 Å². The van der Waals surface area contributed by atoms with Crippen LogP contribution >= 0.6 is 11.6 Å². The first-order valence-electron chi connectivity index (χ1n) is 4.99. The maximum Gasteiger partial charge on any atom is 0.147 e. The third-order valence-electron chi connectivity index (χ3n) is 2.15. The Morgan fingerprint density at radius 3 is 2.76 bits per heavy atom. The lowest BCUT2D eigenvalue weighted by molar-refractivity contribution is 0.948. The summed E-state index contributed by atoms with van der Waals surface area (Å²) in [5.41, 5.74) is 1.27. The molecule has 2 aromatic rings. The number of nitrogens with one attached hydrogen (secondary N) is 1. The van der Waals surface area contributed by atoms with Crippen LogP contribution in [0.25, 0.3) is 0 Å². The minimum absolute atomic E-state index is 0.468. The number of nitriles is 1. The van der Waals surface area contributed by atoms with Crippen LogP contribution in [0.5, 0.6) is 0 Å². The molecule has 84 valence electrons. The molecule has 2 rings (SSSR count). The zero-order chi connectivity index (χ0) is 12.1. The molecule has 0 radical (unpaired) electrons. The van der Waals surface area contributed by atoms with Crippen LogP contribution in [0.15, 0.2) is 36.7 Å². The minimum atomic E-state index is 0.468. The van der Waals surface area contributed by atoms with E-state index in [0.29, 0.717) is 28.6 Å². The average Bonchev–Trinajstić information content (AvgIpc) is 2.39. The third-order valence-corrected chi connectivity index (χ3v) is 2.48. The smallest absolute Gasteiger partial charge is 0.147 e. The van der Waals surface area contributed by atoms with Gasteiger partial charge < -0.3 is 5.32 Å². The highest BCUT2D eigenvalue weighted by atomic mass is 35.5. The number of hydrogen-bond donors (Lipinski definition) is 1. The van der Waals surface area contributed by atoms with Gasteiger partial charge in [0.1, 0.15) is 5.82 Å². The van der Waals surface area contributed by atoms with Gasteiger partial charge in [-0.15, -0.1) is 0 Å². The largest absolute Gasteiger partial charge is 0.377 e. The standard InChI is InChI=1S/C12H9ClN4/c13-10-3-2-9(7-14)6-11(10)17-8-12-15-4-1-5-16-12/h1-6,17H,8H2. The van der Waals surface area contributed by atoms with Gasteiger partial charge in [-0.05, 0) is 24.3 Å². The number of halogens is 1. The van der Waals surface area contributed by atoms with Crippen LogP contribution in [0.1, 0.15) is 11.4 Å². The Balaban J connectivity index is 2.12. The zero-order valence-corrected chi connectivity index (χ0v) is 9.65. The van der Waals surface area contributed by atoms with Gasteiger partial charge in [0, 0.05) is 12.4 Å². The van der Waals surface area contributed by atoms with Crippen molar-refractivity contribution < 1.29 is 0 Å². The Morgan fingerprint density at radius 2 is 2.06 bits per heavy atom. The molecule has 0 aliphatic heterocycles. The average molecular weight is 245 g/mol. The van der Waals surface area contributed by atoms with Gasteiger partial charge in [0.05, 0.1) is 28.9 Å². The molecule has 1 N–H and O–H groups in total. The van der Waals surface area contributed by atoms with E-state index < -0.39 is 0 Å². The molecule has 0 bridgehead atoms. The van der Waals surface area contributed by atoms with Crippen molar-refractivity contribution in [2.45, 2.75) is 6.54 Å². The van der Waals surface area contributed by atoms with Crippen LogP contribution in [0, 0.1) is 11.3 Å². The molecule has 5 heteroatoms. The first-order valence-corrected chi connectivity index (χ1v) is 5.37. The van der Waals surface area contributed by atoms with Gasteiger partial charge >= 0.3 is 0 Å². The molecular weight excluding hydrogens is 236 g/mol. The topological polar surface area (TPSA) is 61.6 Å². The zero-order valence-electron chi connectivity index (χ0n) is 8.89. The van der Waals surface area contributed by atoms with Crippen molar-refractivity contribution in [3.05, 3.63) is 53.1 Å². The first kappa shape index (κ1) is 11.4. The molecule has 4 nitrogen and oxygen atoms in total. The number of hydrogen-bond acceptors (Lipinski definition) is 4. The monoisotopic (exact) mass is 244 g/mol. The molecule has 0 atom stereocenters. The predicted octanol–water partition coefficient (Wildman–Crippen LogP) is 2.61. The molecule has 0 aliphatic carbocycles. The summed E-state index contributed by atoms with van der Waals surface area (Å²) in [5, 5.41) is 12.5. The SMILES string of the molecule is N#Cc1ccc(Cl)c(NCc2ncccn2)c1. The van der Waals surface area contributed by atoms with E-state index in [4.69, 9.17) is 16.9 Å². The normalized spacial score (nSPS) is 9.65. The number of rotatable bonds is 3. The molecule has 17 heavy (non-hydrogen) atoms. The van der Waals surface area contributed by atoms with Crippen molar-refractivity contribution >= 4 is 17.3 Å². The molecular formula is C12H9ClN4. The van der Waals surface area contributed by atoms with Crippen LogP contribution in [0.4, 0.5) is 5.69 Å². The maximum absolute atomic E-state index is 8.79. The lowest BCUT2D eigenvalue weighted by atomic mass is 10.2. The van der Waals surface area contributed by atoms with Gasteiger partial charge in [-0.25, -0.2) is 9.97 Å². The quantitative estimate of drug-likeness (QED) is 0.902.